The van der Waals surface area contributed by atoms with Crippen LogP contribution in [0, 0.1) is 5.92 Å². The van der Waals surface area contributed by atoms with E-state index in [1.807, 2.05) is 0 Å². The Morgan fingerprint density at radius 1 is 0.760 bits per heavy atom. The lowest BCUT2D eigenvalue weighted by atomic mass is 10.0. The maximum Gasteiger partial charge on any atom is 0.326 e. The van der Waals surface area contributed by atoms with E-state index in [-0.39, 0.29) is 19.4 Å². The predicted molar refractivity (Wildman–Crippen MR) is 178 cm³/mol. The van der Waals surface area contributed by atoms with Gasteiger partial charge in [-0.3, -0.25) is 33.6 Å². The molecule has 0 aromatic heterocycles. The van der Waals surface area contributed by atoms with Crippen molar-refractivity contribution in [3.05, 3.63) is 0 Å². The molecule has 1 aliphatic heterocycles. The van der Waals surface area contributed by atoms with Crippen LogP contribution in [0.1, 0.15) is 79.6 Å². The van der Waals surface area contributed by atoms with Crippen molar-refractivity contribution in [2.45, 2.75) is 128 Å². The molecule has 1 aliphatic rings. The van der Waals surface area contributed by atoms with E-state index >= 15 is 0 Å². The number of amides is 6. The molecule has 0 radical (unpaired) electrons. The summed E-state index contributed by atoms with van der Waals surface area (Å²) >= 11 is 0. The highest BCUT2D eigenvalue weighted by atomic mass is 16.4. The highest BCUT2D eigenvalue weighted by Gasteiger charge is 2.40. The second-order valence-corrected chi connectivity index (χ2v) is 12.8. The summed E-state index contributed by atoms with van der Waals surface area (Å²) in [5.74, 6) is -7.82. The first-order chi connectivity index (χ1) is 23.3. The molecule has 8 atom stereocenters. The first-order valence-corrected chi connectivity index (χ1v) is 16.7. The summed E-state index contributed by atoms with van der Waals surface area (Å²) in [4.78, 5) is 103. The molecular weight excluding hydrogens is 660 g/mol. The van der Waals surface area contributed by atoms with Gasteiger partial charge in [-0.15, -0.1) is 0 Å². The standard InChI is InChI=1S/C31H54N8O11/c1-15(2)23(31(49)50)37-29(47)24(18(5)40)38-27(45)19(11-12-22(41)42)35-28(46)21-10-8-14-39(21)30(48)20(9-6-7-13-32)36-26(44)17(4)34-25(43)16(3)33/h15-21,23-24,40H,6-14,32-33H2,1-5H3,(H,34,43)(H,35,46)(H,36,44)(H,37,47)(H,38,45)(H,41,42)(H,49,50)/t16-,17-,18+,19-,20-,21-,23-,24-/m0/s1. The van der Waals surface area contributed by atoms with Gasteiger partial charge < -0.3 is 58.3 Å². The van der Waals surface area contributed by atoms with Gasteiger partial charge in [-0.05, 0) is 71.8 Å². The van der Waals surface area contributed by atoms with Gasteiger partial charge in [-0.25, -0.2) is 4.79 Å². The number of nitrogens with one attached hydrogen (secondary N) is 5. The Balaban J connectivity index is 3.20. The molecule has 284 valence electrons. The molecule has 0 aliphatic carbocycles. The normalized spacial score (nSPS) is 18.4. The predicted octanol–water partition coefficient (Wildman–Crippen LogP) is -3.12. The fourth-order valence-corrected chi connectivity index (χ4v) is 5.18. The van der Waals surface area contributed by atoms with Crippen molar-refractivity contribution in [3.63, 3.8) is 0 Å². The van der Waals surface area contributed by atoms with Crippen molar-refractivity contribution < 1.29 is 53.7 Å². The van der Waals surface area contributed by atoms with E-state index in [1.54, 1.807) is 13.8 Å². The Hall–Kier alpha value is -4.36. The van der Waals surface area contributed by atoms with Gasteiger partial charge in [-0.1, -0.05) is 13.8 Å². The summed E-state index contributed by atoms with van der Waals surface area (Å²) in [5, 5.41) is 41.0. The van der Waals surface area contributed by atoms with Gasteiger partial charge in [-0.2, -0.15) is 0 Å². The van der Waals surface area contributed by atoms with Crippen LogP contribution >= 0.6 is 0 Å². The third-order valence-corrected chi connectivity index (χ3v) is 8.14. The second kappa shape index (κ2) is 21.0. The lowest BCUT2D eigenvalue weighted by Crippen LogP contribution is -2.61. The van der Waals surface area contributed by atoms with E-state index in [0.717, 1.165) is 0 Å². The zero-order chi connectivity index (χ0) is 38.3. The molecule has 0 spiro atoms. The molecule has 50 heavy (non-hydrogen) atoms. The van der Waals surface area contributed by atoms with Crippen molar-refractivity contribution in [3.8, 4) is 0 Å². The molecule has 0 bridgehead atoms. The minimum atomic E-state index is -1.66. The molecule has 1 rings (SSSR count). The molecule has 1 saturated heterocycles. The van der Waals surface area contributed by atoms with Crippen molar-refractivity contribution in [2.75, 3.05) is 13.1 Å². The van der Waals surface area contributed by atoms with E-state index in [4.69, 9.17) is 11.5 Å². The summed E-state index contributed by atoms with van der Waals surface area (Å²) < 4.78 is 0. The third-order valence-electron chi connectivity index (χ3n) is 8.14. The van der Waals surface area contributed by atoms with Crippen molar-refractivity contribution in [1.82, 2.24) is 31.5 Å². The van der Waals surface area contributed by atoms with E-state index < -0.39 is 115 Å². The molecule has 0 aromatic rings. The van der Waals surface area contributed by atoms with Gasteiger partial charge in [0.05, 0.1) is 12.1 Å². The largest absolute Gasteiger partial charge is 0.481 e. The van der Waals surface area contributed by atoms with E-state index in [9.17, 15) is 53.7 Å². The molecule has 0 unspecified atom stereocenters. The minimum absolute atomic E-state index is 0.133. The topological polar surface area (TPSA) is 313 Å². The number of aliphatic carboxylic acids is 2. The SMILES string of the molecule is CC(C)[C@H](NC(=O)[C@@H](NC(=O)[C@H](CCC(=O)O)NC(=O)[C@@H]1CCCN1C(=O)[C@H](CCCCN)NC(=O)[C@H](C)NC(=O)[C@H](C)N)[C@@H](C)O)C(=O)O. The van der Waals surface area contributed by atoms with Crippen LogP contribution in [0.3, 0.4) is 0 Å². The van der Waals surface area contributed by atoms with E-state index in [2.05, 4.69) is 26.6 Å². The molecule has 1 fully saturated rings. The van der Waals surface area contributed by atoms with Crippen LogP contribution in [0.15, 0.2) is 0 Å². The van der Waals surface area contributed by atoms with Crippen molar-refractivity contribution in [2.24, 2.45) is 17.4 Å². The number of rotatable bonds is 21. The number of hydrogen-bond donors (Lipinski definition) is 10. The lowest BCUT2D eigenvalue weighted by Gasteiger charge is -2.31. The number of aliphatic hydroxyl groups excluding tert-OH is 1. The minimum Gasteiger partial charge on any atom is -0.481 e. The number of carbonyl (C=O) groups excluding carboxylic acids is 6. The average Bonchev–Trinajstić information content (AvgIpc) is 3.52. The smallest absolute Gasteiger partial charge is 0.326 e. The quantitative estimate of drug-likeness (QED) is 0.0527. The van der Waals surface area contributed by atoms with E-state index in [1.165, 1.54) is 25.7 Å². The number of nitrogens with zero attached hydrogens (tertiary/aromatic N) is 1. The van der Waals surface area contributed by atoms with Gasteiger partial charge in [0, 0.05) is 13.0 Å². The number of carbonyl (C=O) groups is 8. The number of nitrogens with two attached hydrogens (primary N) is 2. The monoisotopic (exact) mass is 714 g/mol. The average molecular weight is 715 g/mol. The first-order valence-electron chi connectivity index (χ1n) is 16.7. The number of carboxylic acid groups (broad SMARTS) is 2. The van der Waals surface area contributed by atoms with Gasteiger partial charge in [0.1, 0.15) is 36.3 Å². The highest BCUT2D eigenvalue weighted by molar-refractivity contribution is 5.97. The summed E-state index contributed by atoms with van der Waals surface area (Å²) in [6.07, 6.45) is -0.760. The van der Waals surface area contributed by atoms with Crippen LogP contribution in [0.4, 0.5) is 0 Å². The van der Waals surface area contributed by atoms with Gasteiger partial charge in [0.15, 0.2) is 0 Å². The summed E-state index contributed by atoms with van der Waals surface area (Å²) in [7, 11) is 0. The molecule has 12 N–H and O–H groups in total. The Morgan fingerprint density at radius 3 is 1.90 bits per heavy atom. The molecule has 6 amide bonds. The zero-order valence-electron chi connectivity index (χ0n) is 29.3. The summed E-state index contributed by atoms with van der Waals surface area (Å²) in [6, 6.07) is -8.62. The van der Waals surface area contributed by atoms with Crippen LogP contribution < -0.4 is 38.1 Å². The van der Waals surface area contributed by atoms with E-state index in [0.29, 0.717) is 25.8 Å². The Kier molecular flexibility index (Phi) is 18.3. The summed E-state index contributed by atoms with van der Waals surface area (Å²) in [6.45, 7) is 7.60. The molecule has 0 aromatic carbocycles. The molecule has 1 heterocycles. The van der Waals surface area contributed by atoms with Crippen LogP contribution in [0.2, 0.25) is 0 Å². The van der Waals surface area contributed by atoms with Gasteiger partial charge >= 0.3 is 11.9 Å². The molecule has 0 saturated carbocycles. The number of carboxylic acids is 2. The highest BCUT2D eigenvalue weighted by Crippen LogP contribution is 2.21. The number of aliphatic hydroxyl groups is 1. The van der Waals surface area contributed by atoms with Crippen LogP contribution in [-0.2, 0) is 38.4 Å². The lowest BCUT2D eigenvalue weighted by molar-refractivity contribution is -0.144. The van der Waals surface area contributed by atoms with Crippen LogP contribution in [-0.4, -0.2) is 129 Å². The van der Waals surface area contributed by atoms with Crippen molar-refractivity contribution >= 4 is 47.4 Å². The number of hydrogen-bond acceptors (Lipinski definition) is 11. The van der Waals surface area contributed by atoms with Gasteiger partial charge in [0.25, 0.3) is 0 Å². The fourth-order valence-electron chi connectivity index (χ4n) is 5.18. The molecule has 19 nitrogen and oxygen atoms in total. The number of likely N-dealkylation sites (tertiary alicyclic amines) is 1. The van der Waals surface area contributed by atoms with Gasteiger partial charge in [0.2, 0.25) is 35.4 Å². The maximum atomic E-state index is 13.8. The van der Waals surface area contributed by atoms with Crippen molar-refractivity contribution in [1.29, 1.82) is 0 Å². The maximum absolute atomic E-state index is 13.8. The second-order valence-electron chi connectivity index (χ2n) is 12.8. The Labute approximate surface area is 291 Å². The van der Waals surface area contributed by atoms with Crippen LogP contribution in [0.25, 0.3) is 0 Å². The first kappa shape index (κ1) is 43.7. The Morgan fingerprint density at radius 2 is 1.38 bits per heavy atom. The zero-order valence-corrected chi connectivity index (χ0v) is 29.3. The third kappa shape index (κ3) is 13.9. The number of unbranched alkanes of at least 4 members (excludes halogenated alkanes) is 1. The fraction of sp³-hybridized carbons (Fsp3) is 0.742. The molecular formula is C31H54N8O11. The Bertz CT molecular complexity index is 1230. The molecule has 19 heteroatoms. The summed E-state index contributed by atoms with van der Waals surface area (Å²) in [5.41, 5.74) is 11.2. The van der Waals surface area contributed by atoms with Crippen LogP contribution in [0.5, 0.6) is 0 Å².